The zero-order valence-electron chi connectivity index (χ0n) is 11.4. The summed E-state index contributed by atoms with van der Waals surface area (Å²) in [6.07, 6.45) is 4.27. The van der Waals surface area contributed by atoms with Gasteiger partial charge in [-0.3, -0.25) is 0 Å². The molecule has 0 amide bonds. The molecule has 0 saturated heterocycles. The first-order valence-corrected chi connectivity index (χ1v) is 8.55. The third kappa shape index (κ3) is 1.99. The molecular weight excluding hydrogens is 306 g/mol. The number of halogens is 1. The van der Waals surface area contributed by atoms with Crippen molar-refractivity contribution in [3.63, 3.8) is 0 Å². The highest BCUT2D eigenvalue weighted by Gasteiger charge is 2.58. The number of rotatable bonds is 3. The summed E-state index contributed by atoms with van der Waals surface area (Å²) >= 11 is 5.32. The Bertz CT molecular complexity index is 448. The summed E-state index contributed by atoms with van der Waals surface area (Å²) in [6.45, 7) is 8.42. The smallest absolute Gasteiger partial charge is 0.0701 e. The minimum absolute atomic E-state index is 0.459. The summed E-state index contributed by atoms with van der Waals surface area (Å²) in [5.74, 6) is 0.925. The summed E-state index contributed by atoms with van der Waals surface area (Å²) in [6, 6.07) is 2.91. The molecule has 3 rings (SSSR count). The van der Waals surface area contributed by atoms with E-state index in [0.717, 1.165) is 12.5 Å². The third-order valence-corrected chi connectivity index (χ3v) is 6.96. The van der Waals surface area contributed by atoms with Gasteiger partial charge in [-0.15, -0.1) is 11.3 Å². The van der Waals surface area contributed by atoms with Crippen LogP contribution in [0.5, 0.6) is 0 Å². The lowest BCUT2D eigenvalue weighted by atomic mass is 9.68. The van der Waals surface area contributed by atoms with E-state index in [2.05, 4.69) is 53.5 Å². The molecule has 0 aromatic carbocycles. The molecule has 2 aliphatic rings. The molecule has 100 valence electrons. The van der Waals surface area contributed by atoms with E-state index in [1.807, 2.05) is 0 Å². The summed E-state index contributed by atoms with van der Waals surface area (Å²) in [5, 5.41) is 6.11. The summed E-state index contributed by atoms with van der Waals surface area (Å²) in [5.41, 5.74) is 2.40. The standard InChI is InChI=1S/C15H22BrNS/c1-14(2)11-4-5-15(3,7-11)13(14)17-8-10-6-12(16)18-9-10/h6,9,11,13,17H,4-5,7-8H2,1-3H3. The Kier molecular flexibility index (Phi) is 3.15. The first kappa shape index (κ1) is 13.1. The first-order chi connectivity index (χ1) is 8.42. The van der Waals surface area contributed by atoms with Gasteiger partial charge in [0.2, 0.25) is 0 Å². The molecule has 0 aliphatic heterocycles. The fourth-order valence-corrected chi connectivity index (χ4v) is 5.68. The van der Waals surface area contributed by atoms with Gasteiger partial charge >= 0.3 is 0 Å². The van der Waals surface area contributed by atoms with Crippen LogP contribution in [0.1, 0.15) is 45.6 Å². The lowest BCUT2D eigenvalue weighted by Crippen LogP contribution is -2.49. The van der Waals surface area contributed by atoms with Crippen molar-refractivity contribution < 1.29 is 0 Å². The molecule has 1 N–H and O–H groups in total. The first-order valence-electron chi connectivity index (χ1n) is 6.88. The van der Waals surface area contributed by atoms with Crippen LogP contribution in [0.15, 0.2) is 15.2 Å². The van der Waals surface area contributed by atoms with E-state index in [4.69, 9.17) is 0 Å². The Morgan fingerprint density at radius 3 is 2.78 bits per heavy atom. The van der Waals surface area contributed by atoms with Gasteiger partial charge in [0.1, 0.15) is 0 Å². The van der Waals surface area contributed by atoms with Gasteiger partial charge in [0.25, 0.3) is 0 Å². The van der Waals surface area contributed by atoms with Gasteiger partial charge in [-0.2, -0.15) is 0 Å². The Balaban J connectivity index is 1.72. The molecule has 2 aliphatic carbocycles. The molecule has 2 saturated carbocycles. The SMILES string of the molecule is CC12CCC(C1)C(C)(C)C2NCc1csc(Br)c1. The highest BCUT2D eigenvalue weighted by atomic mass is 79.9. The van der Waals surface area contributed by atoms with Gasteiger partial charge in [0, 0.05) is 12.6 Å². The molecule has 1 aromatic heterocycles. The second-order valence-corrected chi connectivity index (χ2v) is 9.28. The van der Waals surface area contributed by atoms with Crippen molar-refractivity contribution in [2.75, 3.05) is 0 Å². The van der Waals surface area contributed by atoms with E-state index in [1.54, 1.807) is 11.3 Å². The van der Waals surface area contributed by atoms with E-state index < -0.39 is 0 Å². The molecule has 3 unspecified atom stereocenters. The minimum Gasteiger partial charge on any atom is -0.309 e. The molecular formula is C15H22BrNS. The number of fused-ring (bicyclic) bond motifs is 2. The normalized spacial score (nSPS) is 37.3. The quantitative estimate of drug-likeness (QED) is 0.839. The summed E-state index contributed by atoms with van der Waals surface area (Å²) in [4.78, 5) is 0. The second kappa shape index (κ2) is 4.32. The lowest BCUT2D eigenvalue weighted by Gasteiger charge is -2.43. The van der Waals surface area contributed by atoms with Crippen molar-refractivity contribution in [1.82, 2.24) is 5.32 Å². The number of nitrogens with one attached hydrogen (secondary N) is 1. The maximum Gasteiger partial charge on any atom is 0.0701 e. The van der Waals surface area contributed by atoms with Crippen LogP contribution in [-0.2, 0) is 6.54 Å². The highest BCUT2D eigenvalue weighted by molar-refractivity contribution is 9.11. The van der Waals surface area contributed by atoms with Crippen molar-refractivity contribution in [1.29, 1.82) is 0 Å². The van der Waals surface area contributed by atoms with Gasteiger partial charge in [0.15, 0.2) is 0 Å². The third-order valence-electron chi connectivity index (χ3n) is 5.40. The van der Waals surface area contributed by atoms with Crippen LogP contribution in [0.3, 0.4) is 0 Å². The van der Waals surface area contributed by atoms with Crippen LogP contribution < -0.4 is 5.32 Å². The Morgan fingerprint density at radius 2 is 2.22 bits per heavy atom. The number of hydrogen-bond acceptors (Lipinski definition) is 2. The predicted molar refractivity (Wildman–Crippen MR) is 81.9 cm³/mol. The Labute approximate surface area is 122 Å². The van der Waals surface area contributed by atoms with Crippen LogP contribution in [0, 0.1) is 16.7 Å². The van der Waals surface area contributed by atoms with E-state index in [9.17, 15) is 0 Å². The molecule has 3 atom stereocenters. The van der Waals surface area contributed by atoms with E-state index >= 15 is 0 Å². The van der Waals surface area contributed by atoms with Gasteiger partial charge in [0.05, 0.1) is 3.79 Å². The van der Waals surface area contributed by atoms with Crippen LogP contribution >= 0.6 is 27.3 Å². The maximum atomic E-state index is 3.86. The molecule has 0 radical (unpaired) electrons. The molecule has 1 nitrogen and oxygen atoms in total. The zero-order chi connectivity index (χ0) is 13.0. The zero-order valence-corrected chi connectivity index (χ0v) is 13.8. The van der Waals surface area contributed by atoms with Crippen molar-refractivity contribution in [3.8, 4) is 0 Å². The Hall–Kier alpha value is 0.140. The lowest BCUT2D eigenvalue weighted by molar-refractivity contribution is 0.108. The maximum absolute atomic E-state index is 3.86. The van der Waals surface area contributed by atoms with Crippen LogP contribution in [-0.4, -0.2) is 6.04 Å². The van der Waals surface area contributed by atoms with Gasteiger partial charge in [-0.25, -0.2) is 0 Å². The largest absolute Gasteiger partial charge is 0.309 e. The van der Waals surface area contributed by atoms with Crippen molar-refractivity contribution in [2.24, 2.45) is 16.7 Å². The second-order valence-electron chi connectivity index (χ2n) is 6.99. The molecule has 3 heteroatoms. The predicted octanol–water partition coefficient (Wildman–Crippen LogP) is 4.82. The number of thiophene rings is 1. The van der Waals surface area contributed by atoms with Crippen molar-refractivity contribution in [3.05, 3.63) is 20.8 Å². The fraction of sp³-hybridized carbons (Fsp3) is 0.733. The van der Waals surface area contributed by atoms with Crippen molar-refractivity contribution in [2.45, 2.75) is 52.6 Å². The highest BCUT2D eigenvalue weighted by Crippen LogP contribution is 2.62. The summed E-state index contributed by atoms with van der Waals surface area (Å²) < 4.78 is 1.23. The number of hydrogen-bond donors (Lipinski definition) is 1. The average Bonchev–Trinajstić information content (AvgIpc) is 2.89. The van der Waals surface area contributed by atoms with E-state index in [-0.39, 0.29) is 0 Å². The van der Waals surface area contributed by atoms with Gasteiger partial charge in [-0.1, -0.05) is 20.8 Å². The average molecular weight is 328 g/mol. The van der Waals surface area contributed by atoms with Crippen LogP contribution in [0.2, 0.25) is 0 Å². The molecule has 2 bridgehead atoms. The molecule has 1 aromatic rings. The minimum atomic E-state index is 0.459. The van der Waals surface area contributed by atoms with Gasteiger partial charge < -0.3 is 5.32 Å². The fourth-order valence-electron chi connectivity index (χ4n) is 4.47. The van der Waals surface area contributed by atoms with Crippen molar-refractivity contribution >= 4 is 27.3 Å². The monoisotopic (exact) mass is 327 g/mol. The van der Waals surface area contributed by atoms with Gasteiger partial charge in [-0.05, 0) is 69.0 Å². The van der Waals surface area contributed by atoms with Crippen LogP contribution in [0.25, 0.3) is 0 Å². The molecule has 2 fully saturated rings. The van der Waals surface area contributed by atoms with E-state index in [1.165, 1.54) is 28.6 Å². The molecule has 18 heavy (non-hydrogen) atoms. The van der Waals surface area contributed by atoms with E-state index in [0.29, 0.717) is 16.9 Å². The molecule has 0 spiro atoms. The topological polar surface area (TPSA) is 12.0 Å². The Morgan fingerprint density at radius 1 is 1.44 bits per heavy atom. The summed E-state index contributed by atoms with van der Waals surface area (Å²) in [7, 11) is 0. The molecule has 1 heterocycles. The van der Waals surface area contributed by atoms with Crippen LogP contribution in [0.4, 0.5) is 0 Å².